The molecule has 0 radical (unpaired) electrons. The summed E-state index contributed by atoms with van der Waals surface area (Å²) in [6.45, 7) is 7.38. The number of aryl methyl sites for hydroxylation is 2. The van der Waals surface area contributed by atoms with Crippen LogP contribution in [-0.2, 0) is 6.54 Å². The van der Waals surface area contributed by atoms with Crippen molar-refractivity contribution in [2.45, 2.75) is 27.3 Å². The number of carbonyl (C=O) groups excluding carboxylic acids is 2. The number of benzene rings is 2. The van der Waals surface area contributed by atoms with E-state index in [-0.39, 0.29) is 17.6 Å². The molecule has 5 heteroatoms. The monoisotopic (exact) mass is 373 g/mol. The lowest BCUT2D eigenvalue weighted by Crippen LogP contribution is -2.30. The quantitative estimate of drug-likeness (QED) is 0.579. The van der Waals surface area contributed by atoms with E-state index in [4.69, 9.17) is 0 Å². The van der Waals surface area contributed by atoms with Crippen LogP contribution in [0.25, 0.3) is 11.1 Å². The maximum Gasteiger partial charge on any atom is 0.251 e. The zero-order valence-electron chi connectivity index (χ0n) is 16.3. The highest BCUT2D eigenvalue weighted by Gasteiger charge is 2.27. The van der Waals surface area contributed by atoms with Crippen LogP contribution < -0.4 is 5.32 Å². The smallest absolute Gasteiger partial charge is 0.251 e. The minimum atomic E-state index is -0.160. The van der Waals surface area contributed by atoms with E-state index in [1.165, 1.54) is 0 Å². The molecule has 4 rings (SSSR count). The summed E-state index contributed by atoms with van der Waals surface area (Å²) in [5.41, 5.74) is 5.77. The van der Waals surface area contributed by atoms with Gasteiger partial charge in [0.05, 0.1) is 5.69 Å². The predicted octanol–water partition coefficient (Wildman–Crippen LogP) is 3.78. The summed E-state index contributed by atoms with van der Waals surface area (Å²) < 4.78 is 1.97. The summed E-state index contributed by atoms with van der Waals surface area (Å²) in [6, 6.07) is 15.0. The van der Waals surface area contributed by atoms with Crippen molar-refractivity contribution in [3.8, 4) is 11.1 Å². The first-order valence-electron chi connectivity index (χ1n) is 9.51. The fraction of sp³-hybridized carbons (Fsp3) is 0.261. The summed E-state index contributed by atoms with van der Waals surface area (Å²) >= 11 is 0. The van der Waals surface area contributed by atoms with Crippen molar-refractivity contribution in [2.75, 3.05) is 6.54 Å². The number of hydrogen-bond acceptors (Lipinski definition) is 3. The molecule has 0 spiro atoms. The minimum absolute atomic E-state index is 0.0156. The second-order valence-electron chi connectivity index (χ2n) is 7.56. The molecule has 0 aliphatic heterocycles. The molecule has 1 amide bonds. The van der Waals surface area contributed by atoms with Gasteiger partial charge in [-0.25, -0.2) is 0 Å². The Morgan fingerprint density at radius 3 is 2.46 bits per heavy atom. The number of nitrogens with zero attached hydrogens (tertiary/aromatic N) is 2. The largest absolute Gasteiger partial charge is 0.352 e. The van der Waals surface area contributed by atoms with E-state index in [1.54, 1.807) is 12.1 Å². The number of ketones is 1. The van der Waals surface area contributed by atoms with E-state index in [9.17, 15) is 9.59 Å². The number of rotatable bonds is 5. The number of aromatic nitrogens is 2. The molecule has 142 valence electrons. The third-order valence-corrected chi connectivity index (χ3v) is 5.19. The Morgan fingerprint density at radius 1 is 1.04 bits per heavy atom. The molecule has 3 aromatic rings. The van der Waals surface area contributed by atoms with Crippen LogP contribution in [0, 0.1) is 19.8 Å². The SMILES string of the molecule is Cc1cc(C)n(CC(C)CNC(=O)c2ccc3c(c2)C(=O)c2ccccc2-3)n1. The van der Waals surface area contributed by atoms with Gasteiger partial charge in [0.1, 0.15) is 0 Å². The molecule has 1 atom stereocenters. The number of hydrogen-bond donors (Lipinski definition) is 1. The lowest BCUT2D eigenvalue weighted by Gasteiger charge is -2.14. The normalized spacial score (nSPS) is 13.2. The van der Waals surface area contributed by atoms with Crippen molar-refractivity contribution in [1.29, 1.82) is 0 Å². The lowest BCUT2D eigenvalue weighted by molar-refractivity contribution is 0.0946. The Labute approximate surface area is 164 Å². The van der Waals surface area contributed by atoms with Crippen LogP contribution >= 0.6 is 0 Å². The zero-order chi connectivity index (χ0) is 19.8. The second-order valence-corrected chi connectivity index (χ2v) is 7.56. The van der Waals surface area contributed by atoms with Gasteiger partial charge in [0.25, 0.3) is 5.91 Å². The van der Waals surface area contributed by atoms with Gasteiger partial charge in [0.15, 0.2) is 5.78 Å². The third-order valence-electron chi connectivity index (χ3n) is 5.19. The summed E-state index contributed by atoms with van der Waals surface area (Å²) in [5, 5.41) is 7.45. The van der Waals surface area contributed by atoms with Crippen molar-refractivity contribution >= 4 is 11.7 Å². The Bertz CT molecular complexity index is 1080. The van der Waals surface area contributed by atoms with Gasteiger partial charge in [0, 0.05) is 35.5 Å². The van der Waals surface area contributed by atoms with Crippen LogP contribution in [-0.4, -0.2) is 28.0 Å². The zero-order valence-corrected chi connectivity index (χ0v) is 16.3. The molecule has 0 bridgehead atoms. The summed E-state index contributed by atoms with van der Waals surface area (Å²) in [5.74, 6) is 0.0622. The van der Waals surface area contributed by atoms with Gasteiger partial charge in [-0.2, -0.15) is 5.10 Å². The molecule has 0 saturated carbocycles. The number of carbonyl (C=O) groups is 2. The maximum absolute atomic E-state index is 12.6. The molecule has 1 unspecified atom stereocenters. The van der Waals surface area contributed by atoms with E-state index in [0.29, 0.717) is 23.2 Å². The highest BCUT2D eigenvalue weighted by Crippen LogP contribution is 2.36. The molecule has 5 nitrogen and oxygen atoms in total. The molecule has 2 aromatic carbocycles. The third kappa shape index (κ3) is 3.24. The Hall–Kier alpha value is -3.21. The maximum atomic E-state index is 12.6. The minimum Gasteiger partial charge on any atom is -0.352 e. The Balaban J connectivity index is 1.43. The van der Waals surface area contributed by atoms with Crippen molar-refractivity contribution in [3.63, 3.8) is 0 Å². The summed E-state index contributed by atoms with van der Waals surface area (Å²) in [7, 11) is 0. The van der Waals surface area contributed by atoms with Gasteiger partial charge in [-0.1, -0.05) is 37.3 Å². The molecule has 1 N–H and O–H groups in total. The van der Waals surface area contributed by atoms with Gasteiger partial charge in [-0.15, -0.1) is 0 Å². The van der Waals surface area contributed by atoms with Gasteiger partial charge < -0.3 is 5.32 Å². The summed E-state index contributed by atoms with van der Waals surface area (Å²) in [4.78, 5) is 25.2. The van der Waals surface area contributed by atoms with Gasteiger partial charge in [0.2, 0.25) is 0 Å². The van der Waals surface area contributed by atoms with E-state index in [1.807, 2.05) is 54.9 Å². The van der Waals surface area contributed by atoms with Crippen molar-refractivity contribution in [3.05, 3.63) is 76.6 Å². The van der Waals surface area contributed by atoms with Gasteiger partial charge in [-0.05, 0) is 49.1 Å². The molecule has 28 heavy (non-hydrogen) atoms. The first-order chi connectivity index (χ1) is 13.4. The highest BCUT2D eigenvalue weighted by molar-refractivity contribution is 6.22. The first-order valence-corrected chi connectivity index (χ1v) is 9.51. The van der Waals surface area contributed by atoms with Gasteiger partial charge in [-0.3, -0.25) is 14.3 Å². The fourth-order valence-electron chi connectivity index (χ4n) is 3.76. The van der Waals surface area contributed by atoms with E-state index in [0.717, 1.165) is 29.1 Å². The molecule has 1 aromatic heterocycles. The average molecular weight is 373 g/mol. The molecular weight excluding hydrogens is 350 g/mol. The van der Waals surface area contributed by atoms with Crippen LogP contribution in [0.1, 0.15) is 44.6 Å². The number of fused-ring (bicyclic) bond motifs is 3. The standard InChI is InChI=1S/C23H23N3O2/c1-14(13-26-16(3)10-15(2)25-26)12-24-23(28)17-8-9-19-18-6-4-5-7-20(18)22(27)21(19)11-17/h4-11,14H,12-13H2,1-3H3,(H,24,28). The van der Waals surface area contributed by atoms with Crippen LogP contribution in [0.5, 0.6) is 0 Å². The molecule has 0 saturated heterocycles. The highest BCUT2D eigenvalue weighted by atomic mass is 16.1. The van der Waals surface area contributed by atoms with Crippen LogP contribution in [0.4, 0.5) is 0 Å². The van der Waals surface area contributed by atoms with Crippen molar-refractivity contribution in [1.82, 2.24) is 15.1 Å². The molecule has 1 aliphatic carbocycles. The van der Waals surface area contributed by atoms with Crippen molar-refractivity contribution in [2.24, 2.45) is 5.92 Å². The van der Waals surface area contributed by atoms with Gasteiger partial charge >= 0.3 is 0 Å². The van der Waals surface area contributed by atoms with Crippen molar-refractivity contribution < 1.29 is 9.59 Å². The average Bonchev–Trinajstić information content (AvgIpc) is 3.16. The van der Waals surface area contributed by atoms with E-state index < -0.39 is 0 Å². The topological polar surface area (TPSA) is 64.0 Å². The fourth-order valence-corrected chi connectivity index (χ4v) is 3.76. The van der Waals surface area contributed by atoms with Crippen LogP contribution in [0.15, 0.2) is 48.5 Å². The Morgan fingerprint density at radius 2 is 1.75 bits per heavy atom. The second kappa shape index (κ2) is 7.08. The van der Waals surface area contributed by atoms with E-state index >= 15 is 0 Å². The molecule has 1 heterocycles. The first kappa shape index (κ1) is 18.2. The number of nitrogens with one attached hydrogen (secondary N) is 1. The summed E-state index contributed by atoms with van der Waals surface area (Å²) in [6.07, 6.45) is 0. The van der Waals surface area contributed by atoms with Crippen LogP contribution in [0.2, 0.25) is 0 Å². The lowest BCUT2D eigenvalue weighted by atomic mass is 10.0. The number of amides is 1. The molecular formula is C23H23N3O2. The predicted molar refractivity (Wildman–Crippen MR) is 109 cm³/mol. The molecule has 0 fully saturated rings. The van der Waals surface area contributed by atoms with Crippen LogP contribution in [0.3, 0.4) is 0 Å². The van der Waals surface area contributed by atoms with E-state index in [2.05, 4.69) is 17.3 Å². The molecule has 1 aliphatic rings. The Kier molecular flexibility index (Phi) is 4.59.